The Morgan fingerprint density at radius 3 is 2.61 bits per heavy atom. The molecule has 0 aliphatic heterocycles. The molecule has 0 heterocycles. The summed E-state index contributed by atoms with van der Waals surface area (Å²) in [7, 11) is 2.78. The van der Waals surface area contributed by atoms with E-state index < -0.39 is 5.97 Å². The van der Waals surface area contributed by atoms with Gasteiger partial charge in [-0.25, -0.2) is 0 Å². The first-order chi connectivity index (χ1) is 13.4. The van der Waals surface area contributed by atoms with E-state index in [0.29, 0.717) is 0 Å². The van der Waals surface area contributed by atoms with E-state index in [4.69, 9.17) is 21.7 Å². The van der Waals surface area contributed by atoms with Crippen LogP contribution in [-0.2, 0) is 6.42 Å². The number of rotatable bonds is 7. The number of nitrogens with one attached hydrogen (secondary N) is 2. The number of hydrazone groups is 1. The van der Waals surface area contributed by atoms with Gasteiger partial charge in [0.2, 0.25) is 0 Å². The van der Waals surface area contributed by atoms with Gasteiger partial charge in [-0.2, -0.15) is 5.10 Å². The maximum Gasteiger partial charge on any atom is 0.191 e. The molecule has 0 saturated carbocycles. The molecule has 28 heavy (non-hydrogen) atoms. The van der Waals surface area contributed by atoms with Crippen LogP contribution in [0.1, 0.15) is 34.0 Å². The maximum atomic E-state index is 11.5. The molecule has 0 saturated heterocycles. The van der Waals surface area contributed by atoms with Crippen LogP contribution in [0, 0.1) is 6.92 Å². The summed E-state index contributed by atoms with van der Waals surface area (Å²) in [6.45, 7) is 4.05. The van der Waals surface area contributed by atoms with E-state index in [1.165, 1.54) is 20.4 Å². The molecule has 0 aromatic heterocycles. The number of carboxylic acid groups (broad SMARTS) is 1. The van der Waals surface area contributed by atoms with E-state index in [1.807, 2.05) is 25.1 Å². The first-order valence-electron chi connectivity index (χ1n) is 8.57. The predicted molar refractivity (Wildman–Crippen MR) is 111 cm³/mol. The normalized spacial score (nSPS) is 10.6. The number of thiocarbonyl (C=S) groups is 1. The monoisotopic (exact) mass is 400 g/mol. The summed E-state index contributed by atoms with van der Waals surface area (Å²) < 4.78 is 10.3. The van der Waals surface area contributed by atoms with Crippen LogP contribution in [0.4, 0.5) is 5.69 Å². The second-order valence-electron chi connectivity index (χ2n) is 5.84. The molecule has 2 N–H and O–H groups in total. The van der Waals surface area contributed by atoms with Gasteiger partial charge < -0.3 is 24.7 Å². The van der Waals surface area contributed by atoms with Gasteiger partial charge in [-0.3, -0.25) is 5.43 Å². The third kappa shape index (κ3) is 4.77. The lowest BCUT2D eigenvalue weighted by molar-refractivity contribution is -0.255. The molecule has 0 amide bonds. The second kappa shape index (κ2) is 9.70. The van der Waals surface area contributed by atoms with Crippen molar-refractivity contribution in [1.29, 1.82) is 0 Å². The van der Waals surface area contributed by atoms with Crippen molar-refractivity contribution in [2.75, 3.05) is 19.5 Å². The van der Waals surface area contributed by atoms with Gasteiger partial charge in [0, 0.05) is 11.3 Å². The Kier molecular flexibility index (Phi) is 7.34. The summed E-state index contributed by atoms with van der Waals surface area (Å²) in [5.41, 5.74) is 5.95. The summed E-state index contributed by atoms with van der Waals surface area (Å²) in [4.78, 5) is 11.5. The number of carbonyl (C=O) groups is 1. The second-order valence-corrected chi connectivity index (χ2v) is 6.25. The number of methoxy groups -OCH3 is 2. The van der Waals surface area contributed by atoms with Crippen molar-refractivity contribution >= 4 is 35.2 Å². The number of hydrogen-bond acceptors (Lipinski definition) is 6. The number of para-hydroxylation sites is 1. The average molecular weight is 400 g/mol. The van der Waals surface area contributed by atoms with E-state index in [9.17, 15) is 9.90 Å². The number of benzene rings is 2. The molecule has 2 aromatic carbocycles. The Balaban J connectivity index is 2.19. The number of ether oxygens (including phenoxy) is 2. The highest BCUT2D eigenvalue weighted by atomic mass is 32.1. The number of aryl methyl sites for hydroxylation is 2. The molecule has 2 rings (SSSR count). The Morgan fingerprint density at radius 2 is 2.00 bits per heavy atom. The predicted octanol–water partition coefficient (Wildman–Crippen LogP) is 2.26. The lowest BCUT2D eigenvalue weighted by atomic mass is 10.1. The van der Waals surface area contributed by atoms with Crippen molar-refractivity contribution in [3.8, 4) is 11.5 Å². The average Bonchev–Trinajstić information content (AvgIpc) is 2.68. The number of nitrogens with zero attached hydrogens (tertiary/aromatic N) is 1. The van der Waals surface area contributed by atoms with Crippen molar-refractivity contribution < 1.29 is 19.4 Å². The fourth-order valence-electron chi connectivity index (χ4n) is 2.76. The first kappa shape index (κ1) is 21.2. The zero-order valence-electron chi connectivity index (χ0n) is 16.2. The van der Waals surface area contributed by atoms with Gasteiger partial charge in [0.05, 0.1) is 32.0 Å². The summed E-state index contributed by atoms with van der Waals surface area (Å²) in [5, 5.41) is 19.0. The summed E-state index contributed by atoms with van der Waals surface area (Å²) in [6, 6.07) is 9.14. The number of anilines is 1. The van der Waals surface area contributed by atoms with E-state index in [0.717, 1.165) is 23.2 Å². The minimum atomic E-state index is -1.40. The molecule has 7 nitrogen and oxygen atoms in total. The Labute approximate surface area is 169 Å². The molecular weight excluding hydrogens is 378 g/mol. The highest BCUT2D eigenvalue weighted by Gasteiger charge is 2.15. The summed E-state index contributed by atoms with van der Waals surface area (Å²) >= 11 is 5.28. The molecule has 0 bridgehead atoms. The van der Waals surface area contributed by atoms with Crippen LogP contribution >= 0.6 is 12.2 Å². The molecule has 0 aliphatic carbocycles. The van der Waals surface area contributed by atoms with Crippen molar-refractivity contribution in [2.45, 2.75) is 20.3 Å². The lowest BCUT2D eigenvalue weighted by Crippen LogP contribution is -2.26. The molecule has 2 aromatic rings. The zero-order chi connectivity index (χ0) is 20.7. The fraction of sp³-hybridized carbons (Fsp3) is 0.250. The Bertz CT molecular complexity index is 913. The number of hydrogen-bond donors (Lipinski definition) is 2. The zero-order valence-corrected chi connectivity index (χ0v) is 17.0. The number of carbonyl (C=O) groups excluding carboxylic acids is 1. The smallest absolute Gasteiger partial charge is 0.191 e. The van der Waals surface area contributed by atoms with Crippen molar-refractivity contribution in [2.24, 2.45) is 5.10 Å². The lowest BCUT2D eigenvalue weighted by Gasteiger charge is -2.16. The molecule has 0 unspecified atom stereocenters. The molecule has 0 atom stereocenters. The molecule has 0 aliphatic rings. The molecule has 148 valence electrons. The third-order valence-electron chi connectivity index (χ3n) is 4.13. The SMILES string of the molecule is CCc1cccc(C)c1NC(=S)N/N=C\c1ccc(OC)c(OC)c1C(=O)[O-]. The molecule has 0 fully saturated rings. The van der Waals surface area contributed by atoms with Crippen molar-refractivity contribution in [3.63, 3.8) is 0 Å². The largest absolute Gasteiger partial charge is 0.545 e. The Hall–Kier alpha value is -3.13. The van der Waals surface area contributed by atoms with Gasteiger partial charge in [0.1, 0.15) is 0 Å². The van der Waals surface area contributed by atoms with Gasteiger partial charge in [-0.05, 0) is 48.8 Å². The van der Waals surface area contributed by atoms with Crippen molar-refractivity contribution in [3.05, 3.63) is 52.6 Å². The third-order valence-corrected chi connectivity index (χ3v) is 4.32. The maximum absolute atomic E-state index is 11.5. The van der Waals surface area contributed by atoms with Crippen LogP contribution in [-0.4, -0.2) is 31.5 Å². The van der Waals surface area contributed by atoms with Crippen LogP contribution in [0.3, 0.4) is 0 Å². The highest BCUT2D eigenvalue weighted by molar-refractivity contribution is 7.80. The molecule has 0 spiro atoms. The quantitative estimate of drug-likeness (QED) is 0.418. The van der Waals surface area contributed by atoms with Crippen LogP contribution < -0.4 is 25.3 Å². The fourth-order valence-corrected chi connectivity index (χ4v) is 2.92. The highest BCUT2D eigenvalue weighted by Crippen LogP contribution is 2.32. The first-order valence-corrected chi connectivity index (χ1v) is 8.98. The van der Waals surface area contributed by atoms with E-state index in [2.05, 4.69) is 22.8 Å². The molecule has 0 radical (unpaired) electrons. The van der Waals surface area contributed by atoms with E-state index >= 15 is 0 Å². The van der Waals surface area contributed by atoms with E-state index in [1.54, 1.807) is 12.1 Å². The summed E-state index contributed by atoms with van der Waals surface area (Å²) in [6.07, 6.45) is 2.19. The summed E-state index contributed by atoms with van der Waals surface area (Å²) in [5.74, 6) is -1.04. The minimum absolute atomic E-state index is 0.0691. The number of carboxylic acids is 1. The van der Waals surface area contributed by atoms with Crippen LogP contribution in [0.25, 0.3) is 0 Å². The molecular formula is C20H22N3O4S-. The van der Waals surface area contributed by atoms with Crippen LogP contribution in [0.15, 0.2) is 35.4 Å². The van der Waals surface area contributed by atoms with Gasteiger partial charge in [-0.15, -0.1) is 0 Å². The van der Waals surface area contributed by atoms with Gasteiger partial charge in [0.25, 0.3) is 0 Å². The van der Waals surface area contributed by atoms with Gasteiger partial charge in [0.15, 0.2) is 16.6 Å². The van der Waals surface area contributed by atoms with E-state index in [-0.39, 0.29) is 27.7 Å². The standard InChI is InChI=1S/C20H23N3O4S/c1-5-13-8-6-7-12(2)17(13)22-20(28)23-21-11-14-9-10-15(26-3)18(27-4)16(14)19(24)25/h6-11H,5H2,1-4H3,(H,24,25)(H2,22,23,28)/p-1/b21-11-. The van der Waals surface area contributed by atoms with Crippen LogP contribution in [0.2, 0.25) is 0 Å². The van der Waals surface area contributed by atoms with Gasteiger partial charge >= 0.3 is 0 Å². The van der Waals surface area contributed by atoms with Crippen molar-refractivity contribution in [1.82, 2.24) is 5.43 Å². The topological polar surface area (TPSA) is 95.0 Å². The van der Waals surface area contributed by atoms with Crippen LogP contribution in [0.5, 0.6) is 11.5 Å². The van der Waals surface area contributed by atoms with Gasteiger partial charge in [-0.1, -0.05) is 25.1 Å². The number of aromatic carboxylic acids is 1. The molecule has 8 heteroatoms. The Morgan fingerprint density at radius 1 is 1.25 bits per heavy atom. The minimum Gasteiger partial charge on any atom is -0.545 e.